The predicted molar refractivity (Wildman–Crippen MR) is 93.8 cm³/mol. The molecule has 0 spiro atoms. The van der Waals surface area contributed by atoms with E-state index in [1.807, 2.05) is 24.3 Å². The van der Waals surface area contributed by atoms with Crippen molar-refractivity contribution in [1.29, 1.82) is 0 Å². The molecule has 0 radical (unpaired) electrons. The number of amides is 1. The van der Waals surface area contributed by atoms with Gasteiger partial charge in [-0.15, -0.1) is 0 Å². The zero-order valence-electron chi connectivity index (χ0n) is 13.0. The molecule has 23 heavy (non-hydrogen) atoms. The molecule has 1 aliphatic heterocycles. The van der Waals surface area contributed by atoms with Crippen LogP contribution in [0, 0.1) is 5.92 Å². The first-order valence-corrected chi connectivity index (χ1v) is 8.81. The Morgan fingerprint density at radius 3 is 3.17 bits per heavy atom. The SMILES string of the molecule is O=C(NCCC1CCCNC1)c1cnn(-c2cccc(Br)c2)c1. The van der Waals surface area contributed by atoms with Crippen LogP contribution in [0.4, 0.5) is 0 Å². The van der Waals surface area contributed by atoms with Crippen LogP contribution in [0.2, 0.25) is 0 Å². The van der Waals surface area contributed by atoms with E-state index in [-0.39, 0.29) is 5.91 Å². The molecular formula is C17H21BrN4O. The number of carbonyl (C=O) groups is 1. The lowest BCUT2D eigenvalue weighted by atomic mass is 9.96. The summed E-state index contributed by atoms with van der Waals surface area (Å²) in [6.07, 6.45) is 6.89. The van der Waals surface area contributed by atoms with Gasteiger partial charge >= 0.3 is 0 Å². The Morgan fingerprint density at radius 2 is 2.39 bits per heavy atom. The molecule has 5 nitrogen and oxygen atoms in total. The largest absolute Gasteiger partial charge is 0.352 e. The number of halogens is 1. The van der Waals surface area contributed by atoms with E-state index in [0.29, 0.717) is 18.0 Å². The van der Waals surface area contributed by atoms with Gasteiger partial charge in [-0.3, -0.25) is 4.79 Å². The van der Waals surface area contributed by atoms with Crippen molar-refractivity contribution in [3.63, 3.8) is 0 Å². The molecular weight excluding hydrogens is 356 g/mol. The molecule has 2 heterocycles. The quantitative estimate of drug-likeness (QED) is 0.843. The first-order chi connectivity index (χ1) is 11.2. The lowest BCUT2D eigenvalue weighted by molar-refractivity contribution is 0.0950. The van der Waals surface area contributed by atoms with Crippen LogP contribution in [0.15, 0.2) is 41.1 Å². The van der Waals surface area contributed by atoms with Gasteiger partial charge in [0.15, 0.2) is 0 Å². The fourth-order valence-electron chi connectivity index (χ4n) is 2.86. The zero-order chi connectivity index (χ0) is 16.1. The Balaban J connectivity index is 1.54. The molecule has 3 rings (SSSR count). The molecule has 1 aromatic heterocycles. The molecule has 1 aliphatic rings. The summed E-state index contributed by atoms with van der Waals surface area (Å²) < 4.78 is 2.70. The Bertz CT molecular complexity index is 664. The number of piperidine rings is 1. The van der Waals surface area contributed by atoms with Gasteiger partial charge in [0.25, 0.3) is 5.91 Å². The maximum absolute atomic E-state index is 12.2. The van der Waals surface area contributed by atoms with Gasteiger partial charge in [0, 0.05) is 17.2 Å². The highest BCUT2D eigenvalue weighted by molar-refractivity contribution is 9.10. The predicted octanol–water partition coefficient (Wildman–Crippen LogP) is 2.75. The minimum Gasteiger partial charge on any atom is -0.352 e. The third-order valence-electron chi connectivity index (χ3n) is 4.15. The van der Waals surface area contributed by atoms with Crippen LogP contribution in [-0.2, 0) is 0 Å². The van der Waals surface area contributed by atoms with Gasteiger partial charge in [0.05, 0.1) is 17.4 Å². The molecule has 1 saturated heterocycles. The summed E-state index contributed by atoms with van der Waals surface area (Å²) in [6.45, 7) is 2.90. The number of rotatable bonds is 5. The summed E-state index contributed by atoms with van der Waals surface area (Å²) in [5.41, 5.74) is 1.51. The van der Waals surface area contributed by atoms with E-state index in [2.05, 4.69) is 31.7 Å². The lowest BCUT2D eigenvalue weighted by Crippen LogP contribution is -2.33. The number of aromatic nitrogens is 2. The van der Waals surface area contributed by atoms with Crippen LogP contribution in [0.25, 0.3) is 5.69 Å². The molecule has 1 aromatic carbocycles. The molecule has 1 unspecified atom stereocenters. The van der Waals surface area contributed by atoms with Gasteiger partial charge in [-0.25, -0.2) is 4.68 Å². The number of carbonyl (C=O) groups excluding carboxylic acids is 1. The van der Waals surface area contributed by atoms with Gasteiger partial charge in [0.2, 0.25) is 0 Å². The maximum Gasteiger partial charge on any atom is 0.254 e. The fraction of sp³-hybridized carbons (Fsp3) is 0.412. The van der Waals surface area contributed by atoms with E-state index in [0.717, 1.165) is 29.7 Å². The van der Waals surface area contributed by atoms with Crippen molar-refractivity contribution in [3.05, 3.63) is 46.7 Å². The molecule has 122 valence electrons. The smallest absolute Gasteiger partial charge is 0.254 e. The third kappa shape index (κ3) is 4.42. The highest BCUT2D eigenvalue weighted by atomic mass is 79.9. The average molecular weight is 377 g/mol. The zero-order valence-corrected chi connectivity index (χ0v) is 14.6. The van der Waals surface area contributed by atoms with Crippen LogP contribution in [-0.4, -0.2) is 35.3 Å². The summed E-state index contributed by atoms with van der Waals surface area (Å²) in [6, 6.07) is 7.82. The highest BCUT2D eigenvalue weighted by Gasteiger charge is 2.14. The first kappa shape index (κ1) is 16.2. The molecule has 1 fully saturated rings. The molecule has 0 aliphatic carbocycles. The number of hydrogen-bond acceptors (Lipinski definition) is 3. The summed E-state index contributed by atoms with van der Waals surface area (Å²) >= 11 is 3.44. The van der Waals surface area contributed by atoms with Crippen molar-refractivity contribution in [1.82, 2.24) is 20.4 Å². The summed E-state index contributed by atoms with van der Waals surface area (Å²) in [5, 5.41) is 10.7. The van der Waals surface area contributed by atoms with Crippen LogP contribution in [0.1, 0.15) is 29.6 Å². The van der Waals surface area contributed by atoms with E-state index in [1.165, 1.54) is 12.8 Å². The van der Waals surface area contributed by atoms with Crippen LogP contribution >= 0.6 is 15.9 Å². The molecule has 0 bridgehead atoms. The van der Waals surface area contributed by atoms with E-state index < -0.39 is 0 Å². The summed E-state index contributed by atoms with van der Waals surface area (Å²) in [7, 11) is 0. The Hall–Kier alpha value is -1.66. The standard InChI is InChI=1S/C17H21BrN4O/c18-15-4-1-5-16(9-15)22-12-14(11-21-22)17(23)20-8-6-13-3-2-7-19-10-13/h1,4-5,9,11-13,19H,2-3,6-8,10H2,(H,20,23). The average Bonchev–Trinajstić information content (AvgIpc) is 3.06. The first-order valence-electron chi connectivity index (χ1n) is 8.02. The second kappa shape index (κ2) is 7.75. The van der Waals surface area contributed by atoms with Crippen molar-refractivity contribution in [3.8, 4) is 5.69 Å². The minimum atomic E-state index is -0.0602. The Morgan fingerprint density at radius 1 is 1.48 bits per heavy atom. The molecule has 2 aromatic rings. The number of hydrogen-bond donors (Lipinski definition) is 2. The summed E-state index contributed by atoms with van der Waals surface area (Å²) in [4.78, 5) is 12.2. The van der Waals surface area contributed by atoms with Crippen molar-refractivity contribution >= 4 is 21.8 Å². The van der Waals surface area contributed by atoms with Gasteiger partial charge in [-0.05, 0) is 56.5 Å². The molecule has 6 heteroatoms. The van der Waals surface area contributed by atoms with E-state index in [9.17, 15) is 4.79 Å². The Labute approximate surface area is 144 Å². The number of benzene rings is 1. The maximum atomic E-state index is 12.2. The second-order valence-corrected chi connectivity index (χ2v) is 6.83. The minimum absolute atomic E-state index is 0.0602. The highest BCUT2D eigenvalue weighted by Crippen LogP contribution is 2.16. The van der Waals surface area contributed by atoms with Crippen LogP contribution < -0.4 is 10.6 Å². The van der Waals surface area contributed by atoms with E-state index in [1.54, 1.807) is 17.1 Å². The van der Waals surface area contributed by atoms with Crippen molar-refractivity contribution in [2.45, 2.75) is 19.3 Å². The van der Waals surface area contributed by atoms with Gasteiger partial charge in [-0.1, -0.05) is 22.0 Å². The van der Waals surface area contributed by atoms with Gasteiger partial charge in [0.1, 0.15) is 0 Å². The Kier molecular flexibility index (Phi) is 5.46. The monoisotopic (exact) mass is 376 g/mol. The molecule has 0 saturated carbocycles. The van der Waals surface area contributed by atoms with Crippen molar-refractivity contribution in [2.24, 2.45) is 5.92 Å². The van der Waals surface area contributed by atoms with Gasteiger partial charge < -0.3 is 10.6 Å². The van der Waals surface area contributed by atoms with E-state index in [4.69, 9.17) is 0 Å². The lowest BCUT2D eigenvalue weighted by Gasteiger charge is -2.22. The number of nitrogens with zero attached hydrogens (tertiary/aromatic N) is 2. The third-order valence-corrected chi connectivity index (χ3v) is 4.65. The fourth-order valence-corrected chi connectivity index (χ4v) is 3.25. The number of nitrogens with one attached hydrogen (secondary N) is 2. The van der Waals surface area contributed by atoms with Crippen LogP contribution in [0.5, 0.6) is 0 Å². The van der Waals surface area contributed by atoms with Gasteiger partial charge in [-0.2, -0.15) is 5.10 Å². The molecule has 1 amide bonds. The normalized spacial score (nSPS) is 17.9. The molecule has 1 atom stereocenters. The van der Waals surface area contributed by atoms with Crippen molar-refractivity contribution < 1.29 is 4.79 Å². The van der Waals surface area contributed by atoms with E-state index >= 15 is 0 Å². The summed E-state index contributed by atoms with van der Waals surface area (Å²) in [5.74, 6) is 0.614. The topological polar surface area (TPSA) is 59.0 Å². The van der Waals surface area contributed by atoms with Crippen LogP contribution in [0.3, 0.4) is 0 Å². The second-order valence-electron chi connectivity index (χ2n) is 5.91. The van der Waals surface area contributed by atoms with Crippen molar-refractivity contribution in [2.75, 3.05) is 19.6 Å². The molecule has 2 N–H and O–H groups in total.